The molecule has 0 aromatic heterocycles. The summed E-state index contributed by atoms with van der Waals surface area (Å²) in [6.07, 6.45) is 8.40. The van der Waals surface area contributed by atoms with E-state index in [1.807, 2.05) is 13.0 Å². The van der Waals surface area contributed by atoms with Gasteiger partial charge in [0.25, 0.3) is 0 Å². The molecule has 0 bridgehead atoms. The molecule has 2 heteroatoms. The van der Waals surface area contributed by atoms with Crippen LogP contribution in [0.4, 0.5) is 0 Å². The van der Waals surface area contributed by atoms with Gasteiger partial charge in [-0.1, -0.05) is 32.8 Å². The van der Waals surface area contributed by atoms with Gasteiger partial charge in [-0.2, -0.15) is 0 Å². The minimum atomic E-state index is -0.0893. The van der Waals surface area contributed by atoms with E-state index in [4.69, 9.17) is 4.74 Å². The third-order valence-electron chi connectivity index (χ3n) is 2.42. The highest BCUT2D eigenvalue weighted by Crippen LogP contribution is 2.11. The molecule has 0 aromatic carbocycles. The molecule has 0 amide bonds. The highest BCUT2D eigenvalue weighted by atomic mass is 16.5. The van der Waals surface area contributed by atoms with E-state index >= 15 is 0 Å². The Bertz CT molecular complexity index is 175. The van der Waals surface area contributed by atoms with Gasteiger partial charge in [-0.25, -0.2) is 0 Å². The van der Waals surface area contributed by atoms with Crippen molar-refractivity contribution in [3.8, 4) is 0 Å². The van der Waals surface area contributed by atoms with Crippen LogP contribution in [0.5, 0.6) is 0 Å². The van der Waals surface area contributed by atoms with Crippen LogP contribution in [-0.2, 0) is 9.53 Å². The van der Waals surface area contributed by atoms with E-state index < -0.39 is 0 Å². The maximum atomic E-state index is 10.9. The highest BCUT2D eigenvalue weighted by molar-refractivity contribution is 5.68. The lowest BCUT2D eigenvalue weighted by Crippen LogP contribution is -2.10. The zero-order chi connectivity index (χ0) is 11.5. The van der Waals surface area contributed by atoms with Crippen LogP contribution in [0.3, 0.4) is 0 Å². The summed E-state index contributed by atoms with van der Waals surface area (Å²) in [5.74, 6) is 0.401. The van der Waals surface area contributed by atoms with E-state index in [9.17, 15) is 4.79 Å². The molecule has 0 radical (unpaired) electrons. The molecule has 0 fully saturated rings. The van der Waals surface area contributed by atoms with Crippen molar-refractivity contribution in [1.82, 2.24) is 0 Å². The minimum absolute atomic E-state index is 0.0893. The van der Waals surface area contributed by atoms with E-state index in [0.29, 0.717) is 18.9 Å². The number of allylic oxidation sites excluding steroid dienone is 1. The largest absolute Gasteiger partial charge is 0.465 e. The van der Waals surface area contributed by atoms with Gasteiger partial charge >= 0.3 is 5.97 Å². The molecule has 0 aliphatic rings. The Hall–Kier alpha value is -0.790. The lowest BCUT2D eigenvalue weighted by Gasteiger charge is -2.11. The van der Waals surface area contributed by atoms with Crippen molar-refractivity contribution in [3.05, 3.63) is 12.7 Å². The summed E-state index contributed by atoms with van der Waals surface area (Å²) in [4.78, 5) is 10.9. The van der Waals surface area contributed by atoms with E-state index in [1.54, 1.807) is 0 Å². The van der Waals surface area contributed by atoms with E-state index in [-0.39, 0.29) is 5.97 Å². The van der Waals surface area contributed by atoms with Crippen molar-refractivity contribution in [2.45, 2.75) is 52.4 Å². The molecule has 0 heterocycles. The number of hydrogen-bond donors (Lipinski definition) is 0. The van der Waals surface area contributed by atoms with Crippen molar-refractivity contribution in [3.63, 3.8) is 0 Å². The van der Waals surface area contributed by atoms with Gasteiger partial charge in [0, 0.05) is 6.42 Å². The van der Waals surface area contributed by atoms with Crippen LogP contribution in [0.15, 0.2) is 12.7 Å². The Labute approximate surface area is 93.7 Å². The minimum Gasteiger partial charge on any atom is -0.465 e. The van der Waals surface area contributed by atoms with Crippen LogP contribution < -0.4 is 0 Å². The molecule has 0 aliphatic heterocycles. The third-order valence-corrected chi connectivity index (χ3v) is 2.42. The molecule has 2 nitrogen and oxygen atoms in total. The first-order chi connectivity index (χ1) is 7.20. The monoisotopic (exact) mass is 212 g/mol. The number of carbonyl (C=O) groups is 1. The first-order valence-electron chi connectivity index (χ1n) is 5.97. The maximum absolute atomic E-state index is 10.9. The zero-order valence-corrected chi connectivity index (χ0v) is 10.1. The molecule has 0 spiro atoms. The molecule has 1 atom stereocenters. The van der Waals surface area contributed by atoms with Crippen molar-refractivity contribution in [2.24, 2.45) is 5.92 Å². The third kappa shape index (κ3) is 9.51. The molecular formula is C13H24O2. The number of esters is 1. The summed E-state index contributed by atoms with van der Waals surface area (Å²) in [5, 5.41) is 0. The normalized spacial score (nSPS) is 12.1. The Morgan fingerprint density at radius 2 is 2.13 bits per heavy atom. The lowest BCUT2D eigenvalue weighted by atomic mass is 10.0. The average molecular weight is 212 g/mol. The molecular weight excluding hydrogens is 188 g/mol. The summed E-state index contributed by atoms with van der Waals surface area (Å²) in [6.45, 7) is 8.23. The summed E-state index contributed by atoms with van der Waals surface area (Å²) in [7, 11) is 0. The summed E-state index contributed by atoms with van der Waals surface area (Å²) >= 11 is 0. The smallest absolute Gasteiger partial charge is 0.305 e. The number of hydrogen-bond acceptors (Lipinski definition) is 2. The summed E-state index contributed by atoms with van der Waals surface area (Å²) in [5.41, 5.74) is 0. The van der Waals surface area contributed by atoms with Gasteiger partial charge in [0.1, 0.15) is 0 Å². The predicted molar refractivity (Wildman–Crippen MR) is 63.7 cm³/mol. The van der Waals surface area contributed by atoms with Crippen LogP contribution in [0.2, 0.25) is 0 Å². The molecule has 0 rings (SSSR count). The van der Waals surface area contributed by atoms with Gasteiger partial charge in [0.2, 0.25) is 0 Å². The maximum Gasteiger partial charge on any atom is 0.305 e. The number of rotatable bonds is 9. The molecule has 88 valence electrons. The topological polar surface area (TPSA) is 26.3 Å². The van der Waals surface area contributed by atoms with Gasteiger partial charge in [-0.3, -0.25) is 4.79 Å². The summed E-state index contributed by atoms with van der Waals surface area (Å²) < 4.78 is 5.08. The van der Waals surface area contributed by atoms with Crippen LogP contribution in [-0.4, -0.2) is 12.6 Å². The Morgan fingerprint density at radius 1 is 1.40 bits per heavy atom. The second-order valence-electron chi connectivity index (χ2n) is 4.07. The standard InChI is InChI=1S/C13H24O2/c1-4-6-7-8-9-10-12(3)11-15-13(14)5-2/h4,12H,1,5-11H2,2-3H3. The van der Waals surface area contributed by atoms with Crippen molar-refractivity contribution in [2.75, 3.05) is 6.61 Å². The second kappa shape index (κ2) is 9.75. The Balaban J connectivity index is 3.29. The first kappa shape index (κ1) is 14.2. The molecule has 1 unspecified atom stereocenters. The molecule has 0 aromatic rings. The first-order valence-corrected chi connectivity index (χ1v) is 5.97. The molecule has 0 saturated heterocycles. The number of carbonyl (C=O) groups excluding carboxylic acids is 1. The van der Waals surface area contributed by atoms with Crippen molar-refractivity contribution >= 4 is 5.97 Å². The van der Waals surface area contributed by atoms with Gasteiger partial charge in [-0.05, 0) is 25.2 Å². The Morgan fingerprint density at radius 3 is 2.73 bits per heavy atom. The molecule has 0 N–H and O–H groups in total. The van der Waals surface area contributed by atoms with Gasteiger partial charge < -0.3 is 4.74 Å². The van der Waals surface area contributed by atoms with Crippen LogP contribution >= 0.6 is 0 Å². The van der Waals surface area contributed by atoms with Crippen LogP contribution in [0.25, 0.3) is 0 Å². The van der Waals surface area contributed by atoms with Crippen molar-refractivity contribution < 1.29 is 9.53 Å². The van der Waals surface area contributed by atoms with Crippen LogP contribution in [0.1, 0.15) is 52.4 Å². The average Bonchev–Trinajstić information content (AvgIpc) is 2.25. The quantitative estimate of drug-likeness (QED) is 0.331. The fourth-order valence-corrected chi connectivity index (χ4v) is 1.38. The molecule has 15 heavy (non-hydrogen) atoms. The van der Waals surface area contributed by atoms with Gasteiger partial charge in [0.15, 0.2) is 0 Å². The number of ether oxygens (including phenoxy) is 1. The molecule has 0 aliphatic carbocycles. The van der Waals surface area contributed by atoms with Crippen LogP contribution in [0, 0.1) is 5.92 Å². The highest BCUT2D eigenvalue weighted by Gasteiger charge is 2.05. The van der Waals surface area contributed by atoms with Crippen molar-refractivity contribution in [1.29, 1.82) is 0 Å². The lowest BCUT2D eigenvalue weighted by molar-refractivity contribution is -0.144. The fourth-order valence-electron chi connectivity index (χ4n) is 1.38. The Kier molecular flexibility index (Phi) is 9.24. The number of unbranched alkanes of at least 4 members (excludes halogenated alkanes) is 3. The van der Waals surface area contributed by atoms with E-state index in [1.165, 1.54) is 19.3 Å². The second-order valence-corrected chi connectivity index (χ2v) is 4.07. The fraction of sp³-hybridized carbons (Fsp3) is 0.769. The van der Waals surface area contributed by atoms with Gasteiger partial charge in [-0.15, -0.1) is 6.58 Å². The summed E-state index contributed by atoms with van der Waals surface area (Å²) in [6, 6.07) is 0. The molecule has 0 saturated carbocycles. The van der Waals surface area contributed by atoms with E-state index in [2.05, 4.69) is 13.5 Å². The SMILES string of the molecule is C=CCCCCCC(C)COC(=O)CC. The zero-order valence-electron chi connectivity index (χ0n) is 10.1. The van der Waals surface area contributed by atoms with Gasteiger partial charge in [0.05, 0.1) is 6.61 Å². The predicted octanol–water partition coefficient (Wildman–Crippen LogP) is 3.71. The van der Waals surface area contributed by atoms with E-state index in [0.717, 1.165) is 12.8 Å².